The van der Waals surface area contributed by atoms with E-state index in [-0.39, 0.29) is 36.1 Å². The van der Waals surface area contributed by atoms with Crippen molar-refractivity contribution in [1.29, 1.82) is 0 Å². The van der Waals surface area contributed by atoms with E-state index in [1.54, 1.807) is 13.8 Å². The minimum absolute atomic E-state index is 0. The Labute approximate surface area is 109 Å². The van der Waals surface area contributed by atoms with Crippen LogP contribution in [0.3, 0.4) is 0 Å². The van der Waals surface area contributed by atoms with Crippen LogP contribution in [-0.4, -0.2) is 63.6 Å². The minimum atomic E-state index is -0.873. The first kappa shape index (κ1) is 14.0. The fourth-order valence-corrected chi connectivity index (χ4v) is 1.10. The maximum atomic E-state index is 11.1. The third kappa shape index (κ3) is 3.27. The van der Waals surface area contributed by atoms with Crippen molar-refractivity contribution in [2.45, 2.75) is 18.6 Å². The summed E-state index contributed by atoms with van der Waals surface area (Å²) in [6, 6.07) is -0.669. The van der Waals surface area contributed by atoms with E-state index in [4.69, 9.17) is 0 Å². The van der Waals surface area contributed by atoms with Gasteiger partial charge in [0.25, 0.3) is 0 Å². The molecule has 0 saturated carbocycles. The van der Waals surface area contributed by atoms with Crippen LogP contribution < -0.4 is 5.32 Å². The molecule has 0 radical (unpaired) electrons. The molecule has 1 saturated heterocycles. The molecule has 74 valence electrons. The molecular weight excluding hydrogens is 215 g/mol. The van der Waals surface area contributed by atoms with E-state index in [0.717, 1.165) is 4.90 Å². The van der Waals surface area contributed by atoms with Gasteiger partial charge in [-0.3, -0.25) is 19.8 Å². The fraction of sp³-hybridized carbons (Fsp3) is 0.571. The quantitative estimate of drug-likeness (QED) is 0.278. The Hall–Kier alpha value is -0.0400. The van der Waals surface area contributed by atoms with Gasteiger partial charge in [0.1, 0.15) is 0 Å². The second-order valence-electron chi connectivity index (χ2n) is 3.46. The molecule has 0 atom stereocenters. The van der Waals surface area contributed by atoms with Gasteiger partial charge in [0, 0.05) is 11.3 Å². The number of hydrogen-bond donors (Lipinski definition) is 2. The molecule has 1 aliphatic rings. The maximum absolute atomic E-state index is 11.1. The number of rotatable bonds is 2. The molecule has 4 amide bonds. The summed E-state index contributed by atoms with van der Waals surface area (Å²) in [6.45, 7) is 3.62. The Kier molecular flexibility index (Phi) is 4.64. The van der Waals surface area contributed by atoms with E-state index in [2.05, 4.69) is 12.6 Å². The van der Waals surface area contributed by atoms with Crippen LogP contribution in [0.2, 0.25) is 0 Å². The fourth-order valence-electron chi connectivity index (χ4n) is 0.963. The molecule has 1 fully saturated rings. The molecule has 1 rings (SSSR count). The second-order valence-corrected chi connectivity index (χ2v) is 4.67. The van der Waals surface area contributed by atoms with Crippen molar-refractivity contribution in [1.82, 2.24) is 10.2 Å². The summed E-state index contributed by atoms with van der Waals surface area (Å²) < 4.78 is -0.502. The number of carbonyl (C=O) groups is 3. The molecule has 0 bridgehead atoms. The van der Waals surface area contributed by atoms with Gasteiger partial charge in [-0.15, -0.1) is 0 Å². The Morgan fingerprint density at radius 2 is 1.86 bits per heavy atom. The Morgan fingerprint density at radius 3 is 2.14 bits per heavy atom. The molecule has 0 aromatic carbocycles. The van der Waals surface area contributed by atoms with E-state index in [9.17, 15) is 14.4 Å². The van der Waals surface area contributed by atoms with Gasteiger partial charge in [-0.1, -0.05) is 0 Å². The molecule has 14 heavy (non-hydrogen) atoms. The number of hydrogen-bond acceptors (Lipinski definition) is 4. The van der Waals surface area contributed by atoms with Crippen LogP contribution in [0.4, 0.5) is 4.79 Å². The van der Waals surface area contributed by atoms with Crippen molar-refractivity contribution in [3.63, 3.8) is 0 Å². The molecule has 0 aromatic heterocycles. The van der Waals surface area contributed by atoms with Crippen LogP contribution in [0.5, 0.6) is 0 Å². The first-order valence-corrected chi connectivity index (χ1v) is 4.15. The molecule has 5 nitrogen and oxygen atoms in total. The standard InChI is InChI=1S/C7H10N2O3S.Na.H/c1-7(2,13)3-9-5(11)4(10)8-6(9)12;;/h13H,3H2,1-2H3,(H,8,10,12);;. The number of imide groups is 2. The zero-order chi connectivity index (χ0) is 10.2. The van der Waals surface area contributed by atoms with Crippen molar-refractivity contribution in [3.8, 4) is 0 Å². The monoisotopic (exact) mass is 226 g/mol. The van der Waals surface area contributed by atoms with Gasteiger partial charge >= 0.3 is 47.4 Å². The van der Waals surface area contributed by atoms with Crippen LogP contribution in [-0.2, 0) is 9.59 Å². The summed E-state index contributed by atoms with van der Waals surface area (Å²) in [5.74, 6) is -1.69. The summed E-state index contributed by atoms with van der Waals surface area (Å²) in [5, 5.41) is 1.90. The van der Waals surface area contributed by atoms with E-state index in [1.165, 1.54) is 0 Å². The zero-order valence-electron chi connectivity index (χ0n) is 7.33. The average molecular weight is 226 g/mol. The van der Waals surface area contributed by atoms with Crippen LogP contribution in [0.1, 0.15) is 13.8 Å². The van der Waals surface area contributed by atoms with E-state index in [1.807, 2.05) is 5.32 Å². The van der Waals surface area contributed by atoms with Gasteiger partial charge in [0.05, 0.1) is 0 Å². The van der Waals surface area contributed by atoms with Gasteiger partial charge in [0.15, 0.2) is 0 Å². The third-order valence-electron chi connectivity index (χ3n) is 1.45. The van der Waals surface area contributed by atoms with E-state index < -0.39 is 22.6 Å². The summed E-state index contributed by atoms with van der Waals surface area (Å²) in [4.78, 5) is 33.7. The van der Waals surface area contributed by atoms with Crippen molar-refractivity contribution in [2.75, 3.05) is 6.54 Å². The number of thiol groups is 1. The summed E-state index contributed by atoms with van der Waals surface area (Å²) >= 11 is 4.16. The van der Waals surface area contributed by atoms with Gasteiger partial charge in [-0.2, -0.15) is 12.6 Å². The number of nitrogens with zero attached hydrogens (tertiary/aromatic N) is 1. The molecule has 0 aliphatic carbocycles. The molecule has 1 aliphatic heterocycles. The molecule has 0 spiro atoms. The van der Waals surface area contributed by atoms with Crippen molar-refractivity contribution < 1.29 is 14.4 Å². The summed E-state index contributed by atoms with van der Waals surface area (Å²) in [5.41, 5.74) is 0. The Morgan fingerprint density at radius 1 is 1.36 bits per heavy atom. The SMILES string of the molecule is CC(C)(S)CN1C(=O)NC(=O)C1=O.[NaH]. The summed E-state index contributed by atoms with van der Waals surface area (Å²) in [7, 11) is 0. The molecule has 1 N–H and O–H groups in total. The van der Waals surface area contributed by atoms with Crippen molar-refractivity contribution in [2.24, 2.45) is 0 Å². The third-order valence-corrected chi connectivity index (χ3v) is 1.59. The second kappa shape index (κ2) is 4.65. The molecular formula is C7H11N2NaO3S. The van der Waals surface area contributed by atoms with Crippen LogP contribution in [0, 0.1) is 0 Å². The van der Waals surface area contributed by atoms with Gasteiger partial charge < -0.3 is 0 Å². The molecule has 0 aromatic rings. The molecule has 7 heteroatoms. The normalized spacial score (nSPS) is 16.8. The topological polar surface area (TPSA) is 66.5 Å². The number of urea groups is 1. The van der Waals surface area contributed by atoms with Gasteiger partial charge in [-0.25, -0.2) is 4.79 Å². The van der Waals surface area contributed by atoms with Crippen LogP contribution in [0.25, 0.3) is 0 Å². The van der Waals surface area contributed by atoms with E-state index >= 15 is 0 Å². The average Bonchev–Trinajstić information content (AvgIpc) is 2.14. The van der Waals surface area contributed by atoms with Crippen molar-refractivity contribution in [3.05, 3.63) is 0 Å². The van der Waals surface area contributed by atoms with Crippen LogP contribution >= 0.6 is 12.6 Å². The van der Waals surface area contributed by atoms with Gasteiger partial charge in [0.2, 0.25) is 0 Å². The van der Waals surface area contributed by atoms with Gasteiger partial charge in [-0.05, 0) is 13.8 Å². The van der Waals surface area contributed by atoms with Crippen molar-refractivity contribution >= 4 is 60.0 Å². The Bertz CT molecular complexity index is 287. The first-order chi connectivity index (χ1) is 5.81. The first-order valence-electron chi connectivity index (χ1n) is 3.70. The number of carbonyl (C=O) groups excluding carboxylic acids is 3. The number of amides is 4. The molecule has 0 unspecified atom stereocenters. The summed E-state index contributed by atoms with van der Waals surface area (Å²) in [6.07, 6.45) is 0. The molecule has 1 heterocycles. The van der Waals surface area contributed by atoms with E-state index in [0.29, 0.717) is 0 Å². The predicted octanol–water partition coefficient (Wildman–Crippen LogP) is -0.875. The Balaban J connectivity index is 0.00000169. The number of nitrogens with one attached hydrogen (secondary N) is 1. The predicted molar refractivity (Wildman–Crippen MR) is 55.5 cm³/mol. The zero-order valence-corrected chi connectivity index (χ0v) is 8.22. The van der Waals surface area contributed by atoms with Crippen LogP contribution in [0.15, 0.2) is 0 Å².